The first-order valence-corrected chi connectivity index (χ1v) is 7.73. The van der Waals surface area contributed by atoms with E-state index in [0.29, 0.717) is 25.9 Å². The molecule has 1 aromatic rings. The summed E-state index contributed by atoms with van der Waals surface area (Å²) in [5, 5.41) is 12.0. The summed E-state index contributed by atoms with van der Waals surface area (Å²) >= 11 is 0. The number of rotatable bonds is 4. The summed E-state index contributed by atoms with van der Waals surface area (Å²) in [4.78, 5) is 25.4. The molecule has 1 fully saturated rings. The number of amides is 1. The zero-order valence-electron chi connectivity index (χ0n) is 13.8. The number of aliphatic carboxylic acids is 1. The highest BCUT2D eigenvalue weighted by Gasteiger charge is 2.29. The van der Waals surface area contributed by atoms with Crippen molar-refractivity contribution >= 4 is 30.0 Å². The van der Waals surface area contributed by atoms with Gasteiger partial charge in [-0.05, 0) is 58.3 Å². The number of nitrogens with zero attached hydrogens (tertiary/aromatic N) is 1. The molecule has 128 valence electrons. The molecule has 1 unspecified atom stereocenters. The average molecular weight is 341 g/mol. The van der Waals surface area contributed by atoms with E-state index < -0.39 is 5.97 Å². The van der Waals surface area contributed by atoms with Crippen molar-refractivity contribution in [2.45, 2.75) is 39.7 Å². The van der Waals surface area contributed by atoms with Crippen molar-refractivity contribution < 1.29 is 14.7 Å². The second kappa shape index (κ2) is 8.31. The van der Waals surface area contributed by atoms with Gasteiger partial charge in [0.2, 0.25) is 5.91 Å². The Morgan fingerprint density at radius 2 is 1.87 bits per heavy atom. The predicted molar refractivity (Wildman–Crippen MR) is 93.2 cm³/mol. The van der Waals surface area contributed by atoms with Gasteiger partial charge in [-0.3, -0.25) is 14.5 Å². The summed E-state index contributed by atoms with van der Waals surface area (Å²) in [6.07, 6.45) is 1.22. The van der Waals surface area contributed by atoms with Gasteiger partial charge < -0.3 is 10.4 Å². The summed E-state index contributed by atoms with van der Waals surface area (Å²) in [6.45, 7) is 7.18. The quantitative estimate of drug-likeness (QED) is 0.884. The summed E-state index contributed by atoms with van der Waals surface area (Å²) in [6, 6.07) is 5.69. The Labute approximate surface area is 143 Å². The number of piperidine rings is 1. The number of carbonyl (C=O) groups excluding carboxylic acids is 1. The van der Waals surface area contributed by atoms with E-state index >= 15 is 0 Å². The zero-order valence-corrected chi connectivity index (χ0v) is 14.7. The Kier molecular flexibility index (Phi) is 7.03. The number of likely N-dealkylation sites (tertiary alicyclic amines) is 1. The molecule has 2 rings (SSSR count). The number of nitrogens with one attached hydrogen (secondary N) is 1. The van der Waals surface area contributed by atoms with E-state index in [4.69, 9.17) is 5.11 Å². The highest BCUT2D eigenvalue weighted by molar-refractivity contribution is 5.95. The third-order valence-corrected chi connectivity index (χ3v) is 4.45. The molecule has 23 heavy (non-hydrogen) atoms. The first kappa shape index (κ1) is 19.5. The van der Waals surface area contributed by atoms with Crippen molar-refractivity contribution in [1.82, 2.24) is 4.90 Å². The van der Waals surface area contributed by atoms with Gasteiger partial charge in [-0.2, -0.15) is 0 Å². The van der Waals surface area contributed by atoms with Gasteiger partial charge in [-0.1, -0.05) is 17.7 Å². The molecule has 1 heterocycles. The van der Waals surface area contributed by atoms with Crippen molar-refractivity contribution in [3.63, 3.8) is 0 Å². The molecular formula is C17H25ClN2O3. The van der Waals surface area contributed by atoms with Crippen LogP contribution in [-0.4, -0.2) is 41.0 Å². The van der Waals surface area contributed by atoms with Gasteiger partial charge in [0.1, 0.15) is 0 Å². The number of carboxylic acid groups (broad SMARTS) is 1. The lowest BCUT2D eigenvalue weighted by Gasteiger charge is -2.33. The van der Waals surface area contributed by atoms with Crippen LogP contribution < -0.4 is 5.32 Å². The van der Waals surface area contributed by atoms with Crippen LogP contribution in [0.3, 0.4) is 0 Å². The Balaban J connectivity index is 0.00000264. The van der Waals surface area contributed by atoms with Gasteiger partial charge >= 0.3 is 5.97 Å². The summed E-state index contributed by atoms with van der Waals surface area (Å²) in [5.74, 6) is -1.04. The molecule has 1 amide bonds. The van der Waals surface area contributed by atoms with Gasteiger partial charge in [0.25, 0.3) is 0 Å². The SMILES string of the molecule is Cc1ccc(NC(=O)C(C)N2CCC(C(=O)O)CC2)c(C)c1.Cl. The van der Waals surface area contributed by atoms with Gasteiger partial charge in [0.05, 0.1) is 12.0 Å². The molecule has 0 aliphatic carbocycles. The van der Waals surface area contributed by atoms with Crippen molar-refractivity contribution in [3.8, 4) is 0 Å². The summed E-state index contributed by atoms with van der Waals surface area (Å²) in [5.41, 5.74) is 3.05. The van der Waals surface area contributed by atoms with Crippen LogP contribution in [0.1, 0.15) is 30.9 Å². The van der Waals surface area contributed by atoms with Crippen LogP contribution >= 0.6 is 12.4 Å². The number of hydrogen-bond donors (Lipinski definition) is 2. The monoisotopic (exact) mass is 340 g/mol. The van der Waals surface area contributed by atoms with Crippen LogP contribution in [0.25, 0.3) is 0 Å². The first-order valence-electron chi connectivity index (χ1n) is 7.73. The lowest BCUT2D eigenvalue weighted by atomic mass is 9.96. The number of aryl methyl sites for hydroxylation is 2. The fourth-order valence-electron chi connectivity index (χ4n) is 2.89. The Morgan fingerprint density at radius 3 is 2.39 bits per heavy atom. The van der Waals surface area contributed by atoms with Crippen molar-refractivity contribution in [2.75, 3.05) is 18.4 Å². The zero-order chi connectivity index (χ0) is 16.3. The molecule has 0 spiro atoms. The van der Waals surface area contributed by atoms with Gasteiger partial charge in [-0.15, -0.1) is 12.4 Å². The van der Waals surface area contributed by atoms with Gasteiger partial charge in [-0.25, -0.2) is 0 Å². The molecule has 1 atom stereocenters. The number of carbonyl (C=O) groups is 2. The van der Waals surface area contributed by atoms with Gasteiger partial charge in [0, 0.05) is 5.69 Å². The van der Waals surface area contributed by atoms with E-state index in [0.717, 1.165) is 11.3 Å². The molecule has 0 aromatic heterocycles. The third-order valence-electron chi connectivity index (χ3n) is 4.45. The standard InChI is InChI=1S/C17H24N2O3.ClH/c1-11-4-5-15(12(2)10-11)18-16(20)13(3)19-8-6-14(7-9-19)17(21)22;/h4-5,10,13-14H,6-9H2,1-3H3,(H,18,20)(H,21,22);1H. The molecule has 2 N–H and O–H groups in total. The average Bonchev–Trinajstić information content (AvgIpc) is 2.49. The minimum absolute atomic E-state index is 0. The smallest absolute Gasteiger partial charge is 0.306 e. The molecule has 0 bridgehead atoms. The summed E-state index contributed by atoms with van der Waals surface area (Å²) < 4.78 is 0. The Bertz CT molecular complexity index is 569. The fourth-order valence-corrected chi connectivity index (χ4v) is 2.89. The largest absolute Gasteiger partial charge is 0.481 e. The number of anilines is 1. The maximum atomic E-state index is 12.4. The second-order valence-electron chi connectivity index (χ2n) is 6.13. The van der Waals surface area contributed by atoms with E-state index in [1.807, 2.05) is 39.0 Å². The molecular weight excluding hydrogens is 316 g/mol. The molecule has 6 heteroatoms. The molecule has 1 saturated heterocycles. The van der Waals surface area contributed by atoms with Crippen molar-refractivity contribution in [3.05, 3.63) is 29.3 Å². The molecule has 1 aromatic carbocycles. The van der Waals surface area contributed by atoms with Crippen LogP contribution in [0.2, 0.25) is 0 Å². The molecule has 0 saturated carbocycles. The van der Waals surface area contributed by atoms with Crippen LogP contribution in [0.15, 0.2) is 18.2 Å². The van der Waals surface area contributed by atoms with Crippen molar-refractivity contribution in [1.29, 1.82) is 0 Å². The highest BCUT2D eigenvalue weighted by Crippen LogP contribution is 2.21. The number of carboxylic acids is 1. The topological polar surface area (TPSA) is 69.6 Å². The lowest BCUT2D eigenvalue weighted by Crippen LogP contribution is -2.47. The predicted octanol–water partition coefficient (Wildman–Crippen LogP) is 2.85. The molecule has 1 aliphatic heterocycles. The Morgan fingerprint density at radius 1 is 1.26 bits per heavy atom. The molecule has 1 aliphatic rings. The number of benzene rings is 1. The number of halogens is 1. The number of hydrogen-bond acceptors (Lipinski definition) is 3. The Hall–Kier alpha value is -1.59. The van der Waals surface area contributed by atoms with Crippen LogP contribution in [0.5, 0.6) is 0 Å². The van der Waals surface area contributed by atoms with E-state index in [-0.39, 0.29) is 30.3 Å². The second-order valence-corrected chi connectivity index (χ2v) is 6.13. The van der Waals surface area contributed by atoms with Gasteiger partial charge in [0.15, 0.2) is 0 Å². The highest BCUT2D eigenvalue weighted by atomic mass is 35.5. The minimum Gasteiger partial charge on any atom is -0.481 e. The van der Waals surface area contributed by atoms with Crippen molar-refractivity contribution in [2.24, 2.45) is 5.92 Å². The van der Waals surface area contributed by atoms with E-state index in [1.165, 1.54) is 5.56 Å². The third kappa shape index (κ3) is 4.94. The van der Waals surface area contributed by atoms with E-state index in [9.17, 15) is 9.59 Å². The maximum absolute atomic E-state index is 12.4. The van der Waals surface area contributed by atoms with Crippen LogP contribution in [0, 0.1) is 19.8 Å². The normalized spacial score (nSPS) is 17.2. The molecule has 0 radical (unpaired) electrons. The minimum atomic E-state index is -0.730. The first-order chi connectivity index (χ1) is 10.4. The fraction of sp³-hybridized carbons (Fsp3) is 0.529. The van der Waals surface area contributed by atoms with E-state index in [2.05, 4.69) is 10.2 Å². The molecule has 5 nitrogen and oxygen atoms in total. The lowest BCUT2D eigenvalue weighted by molar-refractivity contribution is -0.143. The van der Waals surface area contributed by atoms with E-state index in [1.54, 1.807) is 0 Å². The maximum Gasteiger partial charge on any atom is 0.306 e. The van der Waals surface area contributed by atoms with Crippen LogP contribution in [0.4, 0.5) is 5.69 Å². The summed E-state index contributed by atoms with van der Waals surface area (Å²) in [7, 11) is 0. The van der Waals surface area contributed by atoms with Crippen LogP contribution in [-0.2, 0) is 9.59 Å².